The van der Waals surface area contributed by atoms with E-state index in [0.717, 1.165) is 0 Å². The number of aromatic nitrogens is 2. The summed E-state index contributed by atoms with van der Waals surface area (Å²) in [6.07, 6.45) is 3.11. The standard InChI is InChI=1S/C19H18FN3O3/c1-13(19(24)22-15-4-3-5-17(10-15)25-2)23-12-18(11-21-23)26-16-8-6-14(20)7-9-16/h3-13H,1-2H3,(H,22,24). The van der Waals surface area contributed by atoms with Crippen molar-refractivity contribution in [3.8, 4) is 17.2 Å². The number of ether oxygens (including phenoxy) is 2. The highest BCUT2D eigenvalue weighted by atomic mass is 19.1. The largest absolute Gasteiger partial charge is 0.497 e. The molecule has 1 atom stereocenters. The van der Waals surface area contributed by atoms with Gasteiger partial charge in [0.05, 0.1) is 19.5 Å². The predicted octanol–water partition coefficient (Wildman–Crippen LogP) is 4.02. The maximum absolute atomic E-state index is 12.9. The quantitative estimate of drug-likeness (QED) is 0.725. The van der Waals surface area contributed by atoms with Crippen LogP contribution in [-0.4, -0.2) is 22.8 Å². The summed E-state index contributed by atoms with van der Waals surface area (Å²) >= 11 is 0. The van der Waals surface area contributed by atoms with Gasteiger partial charge < -0.3 is 14.8 Å². The molecule has 0 saturated heterocycles. The lowest BCUT2D eigenvalue weighted by Crippen LogP contribution is -2.23. The van der Waals surface area contributed by atoms with Gasteiger partial charge in [-0.2, -0.15) is 5.10 Å². The number of rotatable bonds is 6. The minimum absolute atomic E-state index is 0.227. The monoisotopic (exact) mass is 355 g/mol. The van der Waals surface area contributed by atoms with Gasteiger partial charge in [0, 0.05) is 11.8 Å². The third-order valence-corrected chi connectivity index (χ3v) is 3.74. The highest BCUT2D eigenvalue weighted by Crippen LogP contribution is 2.23. The van der Waals surface area contributed by atoms with E-state index in [1.54, 1.807) is 44.5 Å². The van der Waals surface area contributed by atoms with Crippen molar-refractivity contribution in [2.45, 2.75) is 13.0 Å². The summed E-state index contributed by atoms with van der Waals surface area (Å²) in [6, 6.07) is 12.2. The van der Waals surface area contributed by atoms with Crippen LogP contribution < -0.4 is 14.8 Å². The Morgan fingerprint density at radius 2 is 1.92 bits per heavy atom. The Labute approximate surface area is 150 Å². The zero-order chi connectivity index (χ0) is 18.5. The first-order chi connectivity index (χ1) is 12.5. The molecule has 0 radical (unpaired) electrons. The fraction of sp³-hybridized carbons (Fsp3) is 0.158. The maximum Gasteiger partial charge on any atom is 0.248 e. The minimum Gasteiger partial charge on any atom is -0.497 e. The van der Waals surface area contributed by atoms with Gasteiger partial charge in [-0.1, -0.05) is 6.07 Å². The minimum atomic E-state index is -0.549. The fourth-order valence-corrected chi connectivity index (χ4v) is 2.29. The molecule has 134 valence electrons. The molecule has 0 aliphatic heterocycles. The van der Waals surface area contributed by atoms with Crippen molar-refractivity contribution in [1.82, 2.24) is 9.78 Å². The second-order valence-corrected chi connectivity index (χ2v) is 5.61. The van der Waals surface area contributed by atoms with E-state index in [4.69, 9.17) is 9.47 Å². The molecular formula is C19H18FN3O3. The topological polar surface area (TPSA) is 65.4 Å². The molecule has 7 heteroatoms. The number of hydrogen-bond donors (Lipinski definition) is 1. The van der Waals surface area contributed by atoms with Crippen molar-refractivity contribution >= 4 is 11.6 Å². The third kappa shape index (κ3) is 4.18. The van der Waals surface area contributed by atoms with Crippen molar-refractivity contribution in [2.75, 3.05) is 12.4 Å². The van der Waals surface area contributed by atoms with Crippen LogP contribution in [-0.2, 0) is 4.79 Å². The number of benzene rings is 2. The highest BCUT2D eigenvalue weighted by Gasteiger charge is 2.17. The summed E-state index contributed by atoms with van der Waals surface area (Å²) in [6.45, 7) is 1.73. The van der Waals surface area contributed by atoms with Crippen molar-refractivity contribution in [2.24, 2.45) is 0 Å². The number of methoxy groups -OCH3 is 1. The first kappa shape index (κ1) is 17.5. The van der Waals surface area contributed by atoms with Crippen LogP contribution in [0.5, 0.6) is 17.2 Å². The Bertz CT molecular complexity index is 893. The number of carbonyl (C=O) groups is 1. The van der Waals surface area contributed by atoms with Crippen LogP contribution in [0.15, 0.2) is 60.9 Å². The molecule has 3 aromatic rings. The van der Waals surface area contributed by atoms with Crippen molar-refractivity contribution in [3.63, 3.8) is 0 Å². The van der Waals surface area contributed by atoms with Gasteiger partial charge in [0.25, 0.3) is 0 Å². The number of carbonyl (C=O) groups excluding carboxylic acids is 1. The SMILES string of the molecule is COc1cccc(NC(=O)C(C)n2cc(Oc3ccc(F)cc3)cn2)c1. The second-order valence-electron chi connectivity index (χ2n) is 5.61. The first-order valence-corrected chi connectivity index (χ1v) is 7.97. The molecule has 1 unspecified atom stereocenters. The number of halogens is 1. The summed E-state index contributed by atoms with van der Waals surface area (Å²) < 4.78 is 25.2. The van der Waals surface area contributed by atoms with Gasteiger partial charge in [0.1, 0.15) is 23.4 Å². The van der Waals surface area contributed by atoms with E-state index in [-0.39, 0.29) is 11.7 Å². The number of hydrogen-bond acceptors (Lipinski definition) is 4. The molecule has 3 rings (SSSR count). The lowest BCUT2D eigenvalue weighted by Gasteiger charge is -2.13. The van der Waals surface area contributed by atoms with Crippen molar-refractivity contribution in [3.05, 3.63) is 66.7 Å². The number of nitrogens with zero attached hydrogens (tertiary/aromatic N) is 2. The van der Waals surface area contributed by atoms with Crippen LogP contribution in [0.2, 0.25) is 0 Å². The molecule has 0 spiro atoms. The molecule has 1 amide bonds. The van der Waals surface area contributed by atoms with E-state index in [0.29, 0.717) is 22.9 Å². The molecule has 0 fully saturated rings. The Balaban J connectivity index is 1.65. The zero-order valence-corrected chi connectivity index (χ0v) is 14.3. The molecule has 1 N–H and O–H groups in total. The lowest BCUT2D eigenvalue weighted by molar-refractivity contribution is -0.119. The third-order valence-electron chi connectivity index (χ3n) is 3.74. The molecule has 0 aliphatic carbocycles. The fourth-order valence-electron chi connectivity index (χ4n) is 2.29. The molecule has 1 heterocycles. The van der Waals surface area contributed by atoms with Crippen LogP contribution in [0, 0.1) is 5.82 Å². The summed E-state index contributed by atoms with van der Waals surface area (Å²) in [5, 5.41) is 6.98. The van der Waals surface area contributed by atoms with E-state index < -0.39 is 6.04 Å². The van der Waals surface area contributed by atoms with E-state index in [2.05, 4.69) is 10.4 Å². The van der Waals surface area contributed by atoms with Gasteiger partial charge >= 0.3 is 0 Å². The van der Waals surface area contributed by atoms with Crippen molar-refractivity contribution < 1.29 is 18.7 Å². The van der Waals surface area contributed by atoms with Crippen molar-refractivity contribution in [1.29, 1.82) is 0 Å². The van der Waals surface area contributed by atoms with Crippen LogP contribution in [0.3, 0.4) is 0 Å². The highest BCUT2D eigenvalue weighted by molar-refractivity contribution is 5.93. The summed E-state index contributed by atoms with van der Waals surface area (Å²) in [7, 11) is 1.57. The number of anilines is 1. The van der Waals surface area contributed by atoms with Gasteiger partial charge in [-0.25, -0.2) is 4.39 Å². The molecule has 0 saturated carbocycles. The zero-order valence-electron chi connectivity index (χ0n) is 14.3. The van der Waals surface area contributed by atoms with Gasteiger partial charge in [-0.05, 0) is 43.3 Å². The van der Waals surface area contributed by atoms with E-state index in [1.807, 2.05) is 0 Å². The molecular weight excluding hydrogens is 337 g/mol. The summed E-state index contributed by atoms with van der Waals surface area (Å²) in [4.78, 5) is 12.4. The number of nitrogens with one attached hydrogen (secondary N) is 1. The lowest BCUT2D eigenvalue weighted by atomic mass is 10.2. The Hall–Kier alpha value is -3.35. The van der Waals surface area contributed by atoms with Crippen LogP contribution >= 0.6 is 0 Å². The van der Waals surface area contributed by atoms with Crippen LogP contribution in [0.25, 0.3) is 0 Å². The predicted molar refractivity (Wildman–Crippen MR) is 95.0 cm³/mol. The van der Waals surface area contributed by atoms with E-state index >= 15 is 0 Å². The molecule has 2 aromatic carbocycles. The van der Waals surface area contributed by atoms with Crippen LogP contribution in [0.1, 0.15) is 13.0 Å². The smallest absolute Gasteiger partial charge is 0.248 e. The Morgan fingerprint density at radius 1 is 1.15 bits per heavy atom. The van der Waals surface area contributed by atoms with Gasteiger partial charge in [0.15, 0.2) is 5.75 Å². The van der Waals surface area contributed by atoms with E-state index in [1.165, 1.54) is 35.1 Å². The van der Waals surface area contributed by atoms with Crippen LogP contribution in [0.4, 0.5) is 10.1 Å². The molecule has 1 aromatic heterocycles. The number of amides is 1. The average molecular weight is 355 g/mol. The first-order valence-electron chi connectivity index (χ1n) is 7.97. The van der Waals surface area contributed by atoms with Gasteiger partial charge in [-0.3, -0.25) is 9.48 Å². The summed E-state index contributed by atoms with van der Waals surface area (Å²) in [5.41, 5.74) is 0.635. The molecule has 0 aliphatic rings. The Morgan fingerprint density at radius 3 is 2.65 bits per heavy atom. The summed E-state index contributed by atoms with van der Waals surface area (Å²) in [5.74, 6) is 1.03. The molecule has 0 bridgehead atoms. The normalized spacial score (nSPS) is 11.7. The second kappa shape index (κ2) is 7.69. The van der Waals surface area contributed by atoms with Gasteiger partial charge in [-0.15, -0.1) is 0 Å². The maximum atomic E-state index is 12.9. The Kier molecular flexibility index (Phi) is 5.17. The van der Waals surface area contributed by atoms with Gasteiger partial charge in [0.2, 0.25) is 5.91 Å². The molecule has 6 nitrogen and oxygen atoms in total. The van der Waals surface area contributed by atoms with E-state index in [9.17, 15) is 9.18 Å². The average Bonchev–Trinajstić information content (AvgIpc) is 3.11. The molecule has 26 heavy (non-hydrogen) atoms.